The first-order valence-electron chi connectivity index (χ1n) is 17.8. The van der Waals surface area contributed by atoms with Crippen molar-refractivity contribution in [2.45, 2.75) is 0 Å². The topological polar surface area (TPSA) is 6.48 Å². The largest absolute Gasteiger partial charge is 0.310 e. The summed E-state index contributed by atoms with van der Waals surface area (Å²) in [5, 5.41) is 4.83. The first kappa shape index (κ1) is 31.1. The van der Waals surface area contributed by atoms with Crippen molar-refractivity contribution in [2.24, 2.45) is 0 Å². The van der Waals surface area contributed by atoms with Gasteiger partial charge >= 0.3 is 0 Å². The first-order chi connectivity index (χ1) is 25.8. The molecule has 0 aliphatic rings. The lowest BCUT2D eigenvalue weighted by Gasteiger charge is -2.32. The van der Waals surface area contributed by atoms with E-state index >= 15 is 0 Å². The molecule has 0 heterocycles. The van der Waals surface area contributed by atoms with E-state index in [1.807, 2.05) is 0 Å². The van der Waals surface area contributed by atoms with Crippen molar-refractivity contribution in [2.75, 3.05) is 9.80 Å². The maximum atomic E-state index is 2.46. The van der Waals surface area contributed by atoms with Crippen molar-refractivity contribution in [1.29, 1.82) is 0 Å². The lowest BCUT2D eigenvalue weighted by Crippen LogP contribution is -2.14. The highest BCUT2D eigenvalue weighted by atomic mass is 15.2. The van der Waals surface area contributed by atoms with Crippen LogP contribution in [0.15, 0.2) is 218 Å². The molecule has 246 valence electrons. The van der Waals surface area contributed by atoms with Crippen molar-refractivity contribution in [3.05, 3.63) is 218 Å². The Kier molecular flexibility index (Phi) is 8.24. The second kappa shape index (κ2) is 13.8. The third-order valence-electron chi connectivity index (χ3n) is 9.75. The standard InChI is InChI=1S/C50H36N2/c1-5-17-37(18-6-1)42-34-46(51(43-22-7-2-8-23-43)44-24-9-3-10-25-44)36-47(35-42)52(45-26-11-4-12-27-45)50-48-28-16-15-20-39(48)31-32-49(50)41-30-29-38-19-13-14-21-40(38)33-41/h1-36H. The Morgan fingerprint density at radius 3 is 1.37 bits per heavy atom. The van der Waals surface area contributed by atoms with E-state index in [0.717, 1.165) is 45.3 Å². The minimum Gasteiger partial charge on any atom is -0.310 e. The van der Waals surface area contributed by atoms with Crippen molar-refractivity contribution >= 4 is 55.7 Å². The van der Waals surface area contributed by atoms with Crippen molar-refractivity contribution < 1.29 is 0 Å². The minimum absolute atomic E-state index is 1.07. The van der Waals surface area contributed by atoms with E-state index in [-0.39, 0.29) is 0 Å². The number of rotatable bonds is 8. The zero-order chi connectivity index (χ0) is 34.7. The van der Waals surface area contributed by atoms with Gasteiger partial charge in [-0.2, -0.15) is 0 Å². The molecule has 0 radical (unpaired) electrons. The van der Waals surface area contributed by atoms with E-state index in [1.165, 1.54) is 32.7 Å². The molecule has 0 aliphatic heterocycles. The van der Waals surface area contributed by atoms with E-state index in [1.54, 1.807) is 0 Å². The van der Waals surface area contributed by atoms with Gasteiger partial charge in [-0.1, -0.05) is 158 Å². The lowest BCUT2D eigenvalue weighted by molar-refractivity contribution is 1.25. The van der Waals surface area contributed by atoms with Crippen LogP contribution in [0.4, 0.5) is 34.1 Å². The second-order valence-electron chi connectivity index (χ2n) is 13.0. The van der Waals surface area contributed by atoms with Crippen LogP contribution in [0.2, 0.25) is 0 Å². The molecular weight excluding hydrogens is 629 g/mol. The Balaban J connectivity index is 1.36. The van der Waals surface area contributed by atoms with Gasteiger partial charge in [0.25, 0.3) is 0 Å². The Labute approximate surface area is 305 Å². The van der Waals surface area contributed by atoms with E-state index in [0.29, 0.717) is 0 Å². The van der Waals surface area contributed by atoms with Crippen LogP contribution in [0.5, 0.6) is 0 Å². The third-order valence-corrected chi connectivity index (χ3v) is 9.75. The number of nitrogens with zero attached hydrogens (tertiary/aromatic N) is 2. The molecule has 0 unspecified atom stereocenters. The summed E-state index contributed by atoms with van der Waals surface area (Å²) in [5.41, 5.74) is 11.2. The van der Waals surface area contributed by atoms with Gasteiger partial charge in [-0.25, -0.2) is 0 Å². The molecule has 0 saturated carbocycles. The van der Waals surface area contributed by atoms with Gasteiger partial charge in [0.15, 0.2) is 0 Å². The SMILES string of the molecule is c1ccc(-c2cc(N(c3ccccc3)c3ccccc3)cc(N(c3ccccc3)c3c(-c4ccc5ccccc5c4)ccc4ccccc34)c2)cc1. The molecule has 9 rings (SSSR count). The Hall–Kier alpha value is -6.90. The summed E-state index contributed by atoms with van der Waals surface area (Å²) in [5.74, 6) is 0. The van der Waals surface area contributed by atoms with Crippen LogP contribution in [0, 0.1) is 0 Å². The van der Waals surface area contributed by atoms with Gasteiger partial charge in [0.05, 0.1) is 5.69 Å². The van der Waals surface area contributed by atoms with Crippen LogP contribution < -0.4 is 9.80 Å². The van der Waals surface area contributed by atoms with Crippen LogP contribution in [0.25, 0.3) is 43.8 Å². The lowest BCUT2D eigenvalue weighted by atomic mass is 9.94. The molecule has 2 nitrogen and oxygen atoms in total. The molecule has 0 spiro atoms. The second-order valence-corrected chi connectivity index (χ2v) is 13.0. The number of hydrogen-bond acceptors (Lipinski definition) is 2. The highest BCUT2D eigenvalue weighted by molar-refractivity contribution is 6.07. The molecule has 9 aromatic rings. The zero-order valence-corrected chi connectivity index (χ0v) is 28.7. The molecule has 0 N–H and O–H groups in total. The fourth-order valence-electron chi connectivity index (χ4n) is 7.32. The van der Waals surface area contributed by atoms with Gasteiger partial charge in [-0.15, -0.1) is 0 Å². The summed E-state index contributed by atoms with van der Waals surface area (Å²) in [6.45, 7) is 0. The Morgan fingerprint density at radius 1 is 0.250 bits per heavy atom. The first-order valence-corrected chi connectivity index (χ1v) is 17.8. The van der Waals surface area contributed by atoms with Crippen LogP contribution in [0.3, 0.4) is 0 Å². The molecule has 2 heteroatoms. The molecule has 0 aromatic heterocycles. The van der Waals surface area contributed by atoms with Gasteiger partial charge in [0.1, 0.15) is 0 Å². The summed E-state index contributed by atoms with van der Waals surface area (Å²) >= 11 is 0. The van der Waals surface area contributed by atoms with Crippen LogP contribution >= 0.6 is 0 Å². The van der Waals surface area contributed by atoms with Crippen molar-refractivity contribution in [3.63, 3.8) is 0 Å². The zero-order valence-electron chi connectivity index (χ0n) is 28.7. The van der Waals surface area contributed by atoms with E-state index < -0.39 is 0 Å². The van der Waals surface area contributed by atoms with Crippen LogP contribution in [-0.4, -0.2) is 0 Å². The molecule has 0 bridgehead atoms. The van der Waals surface area contributed by atoms with E-state index in [2.05, 4.69) is 228 Å². The summed E-state index contributed by atoms with van der Waals surface area (Å²) in [4.78, 5) is 4.81. The quantitative estimate of drug-likeness (QED) is 0.159. The summed E-state index contributed by atoms with van der Waals surface area (Å²) in [7, 11) is 0. The van der Waals surface area contributed by atoms with E-state index in [4.69, 9.17) is 0 Å². The fraction of sp³-hybridized carbons (Fsp3) is 0. The van der Waals surface area contributed by atoms with Crippen molar-refractivity contribution in [1.82, 2.24) is 0 Å². The van der Waals surface area contributed by atoms with Crippen molar-refractivity contribution in [3.8, 4) is 22.3 Å². The minimum atomic E-state index is 1.07. The predicted molar refractivity (Wildman–Crippen MR) is 222 cm³/mol. The smallest absolute Gasteiger partial charge is 0.0618 e. The van der Waals surface area contributed by atoms with E-state index in [9.17, 15) is 0 Å². The summed E-state index contributed by atoms with van der Waals surface area (Å²) < 4.78 is 0. The van der Waals surface area contributed by atoms with Gasteiger partial charge in [0, 0.05) is 39.4 Å². The summed E-state index contributed by atoms with van der Waals surface area (Å²) in [6, 6.07) is 78.5. The number of hydrogen-bond donors (Lipinski definition) is 0. The maximum absolute atomic E-state index is 2.46. The van der Waals surface area contributed by atoms with Crippen LogP contribution in [-0.2, 0) is 0 Å². The normalized spacial score (nSPS) is 11.1. The number of para-hydroxylation sites is 3. The third kappa shape index (κ3) is 5.97. The van der Waals surface area contributed by atoms with Gasteiger partial charge in [-0.3, -0.25) is 0 Å². The number of anilines is 6. The van der Waals surface area contributed by atoms with Gasteiger partial charge in [0.2, 0.25) is 0 Å². The number of benzene rings is 9. The Bertz CT molecular complexity index is 2580. The highest BCUT2D eigenvalue weighted by Gasteiger charge is 2.23. The molecule has 0 amide bonds. The highest BCUT2D eigenvalue weighted by Crippen LogP contribution is 2.48. The molecule has 0 atom stereocenters. The maximum Gasteiger partial charge on any atom is 0.0618 e. The van der Waals surface area contributed by atoms with Crippen LogP contribution in [0.1, 0.15) is 0 Å². The molecule has 0 aliphatic carbocycles. The predicted octanol–water partition coefficient (Wildman–Crippen LogP) is 14.3. The molecule has 9 aromatic carbocycles. The number of fused-ring (bicyclic) bond motifs is 2. The average Bonchev–Trinajstić information content (AvgIpc) is 3.22. The molecule has 0 saturated heterocycles. The molecular formula is C50H36N2. The fourth-order valence-corrected chi connectivity index (χ4v) is 7.32. The molecule has 52 heavy (non-hydrogen) atoms. The van der Waals surface area contributed by atoms with Gasteiger partial charge < -0.3 is 9.80 Å². The molecule has 0 fully saturated rings. The average molecular weight is 665 g/mol. The monoisotopic (exact) mass is 664 g/mol. The van der Waals surface area contributed by atoms with Gasteiger partial charge in [-0.05, 0) is 93.5 Å². The Morgan fingerprint density at radius 2 is 0.731 bits per heavy atom. The summed E-state index contributed by atoms with van der Waals surface area (Å²) in [6.07, 6.45) is 0.